The van der Waals surface area contributed by atoms with Gasteiger partial charge in [0.2, 0.25) is 9.84 Å². The molecule has 0 spiro atoms. The summed E-state index contributed by atoms with van der Waals surface area (Å²) in [4.78, 5) is 10.9. The fourth-order valence-electron chi connectivity index (χ4n) is 1.38. The van der Waals surface area contributed by atoms with Gasteiger partial charge in [-0.05, 0) is 30.7 Å². The first-order valence-corrected chi connectivity index (χ1v) is 7.59. The van der Waals surface area contributed by atoms with Gasteiger partial charge in [-0.1, -0.05) is 13.3 Å². The summed E-state index contributed by atoms with van der Waals surface area (Å²) in [5.74, 6) is -3.46. The van der Waals surface area contributed by atoms with Crippen LogP contribution >= 0.6 is 0 Å². The summed E-state index contributed by atoms with van der Waals surface area (Å²) in [5.41, 5.74) is 0.326. The number of unbranched alkanes of at least 4 members (excludes halogenated alkanes) is 1. The maximum Gasteiger partial charge on any atom is 0.341 e. The molecule has 2 N–H and O–H groups in total. The Morgan fingerprint density at radius 2 is 1.85 bits per heavy atom. The molecule has 0 heterocycles. The summed E-state index contributed by atoms with van der Waals surface area (Å²) in [5, 5.41) is 5.08. The van der Waals surface area contributed by atoms with Gasteiger partial charge in [0, 0.05) is 12.2 Å². The molecule has 8 heteroatoms. The predicted molar refractivity (Wildman–Crippen MR) is 71.6 cm³/mol. The summed E-state index contributed by atoms with van der Waals surface area (Å²) >= 11 is 0. The Hall–Kier alpha value is -1.70. The van der Waals surface area contributed by atoms with Crippen molar-refractivity contribution in [2.75, 3.05) is 11.9 Å². The Balaban J connectivity index is 2.66. The second kappa shape index (κ2) is 7.18. The number of amides is 2. The topological polar surface area (TPSA) is 75.3 Å². The highest BCUT2D eigenvalue weighted by Gasteiger charge is 2.26. The zero-order valence-electron chi connectivity index (χ0n) is 10.9. The van der Waals surface area contributed by atoms with Gasteiger partial charge >= 0.3 is 11.8 Å². The molecule has 0 aliphatic carbocycles. The van der Waals surface area contributed by atoms with Crippen molar-refractivity contribution in [3.63, 3.8) is 0 Å². The van der Waals surface area contributed by atoms with Crippen LogP contribution in [0.4, 0.5) is 19.3 Å². The summed E-state index contributed by atoms with van der Waals surface area (Å²) in [6.45, 7) is 2.52. The first-order chi connectivity index (χ1) is 9.37. The van der Waals surface area contributed by atoms with Gasteiger partial charge in [0.05, 0.1) is 4.90 Å². The molecule has 0 fully saturated rings. The number of anilines is 1. The number of hydrogen-bond donors (Lipinski definition) is 2. The van der Waals surface area contributed by atoms with Gasteiger partial charge < -0.3 is 10.6 Å². The van der Waals surface area contributed by atoms with E-state index in [2.05, 4.69) is 10.6 Å². The van der Waals surface area contributed by atoms with Crippen molar-refractivity contribution in [3.8, 4) is 0 Å². The number of urea groups is 1. The van der Waals surface area contributed by atoms with Gasteiger partial charge in [-0.15, -0.1) is 0 Å². The van der Waals surface area contributed by atoms with E-state index in [1.807, 2.05) is 6.92 Å². The molecule has 1 rings (SSSR count). The van der Waals surface area contributed by atoms with E-state index >= 15 is 0 Å². The first kappa shape index (κ1) is 16.4. The number of benzene rings is 1. The van der Waals surface area contributed by atoms with Crippen LogP contribution < -0.4 is 10.6 Å². The monoisotopic (exact) mass is 306 g/mol. The first-order valence-electron chi connectivity index (χ1n) is 6.05. The number of nitrogens with one attached hydrogen (secondary N) is 2. The maximum absolute atomic E-state index is 12.3. The van der Waals surface area contributed by atoms with Gasteiger partial charge in [0.25, 0.3) is 0 Å². The number of hydrogen-bond acceptors (Lipinski definition) is 3. The number of carbonyl (C=O) groups excluding carboxylic acids is 1. The zero-order chi connectivity index (χ0) is 15.2. The average molecular weight is 306 g/mol. The minimum atomic E-state index is -4.60. The minimum absolute atomic E-state index is 0.326. The third-order valence-corrected chi connectivity index (χ3v) is 3.89. The van der Waals surface area contributed by atoms with Crippen LogP contribution in [0.25, 0.3) is 0 Å². The van der Waals surface area contributed by atoms with E-state index in [4.69, 9.17) is 0 Å². The van der Waals surface area contributed by atoms with Crippen molar-refractivity contribution >= 4 is 21.6 Å². The largest absolute Gasteiger partial charge is 0.341 e. The Bertz CT molecular complexity index is 544. The van der Waals surface area contributed by atoms with Crippen molar-refractivity contribution in [2.24, 2.45) is 0 Å². The van der Waals surface area contributed by atoms with Gasteiger partial charge in [0.1, 0.15) is 0 Å². The molecule has 0 aliphatic heterocycles. The van der Waals surface area contributed by atoms with Crippen molar-refractivity contribution in [3.05, 3.63) is 24.3 Å². The molecule has 0 atom stereocenters. The van der Waals surface area contributed by atoms with Crippen LogP contribution in [-0.2, 0) is 9.84 Å². The SMILES string of the molecule is CCCCNC(=O)Nc1ccc(S(=O)(=O)C(F)F)cc1. The Kier molecular flexibility index (Phi) is 5.87. The molecule has 0 aliphatic rings. The van der Waals surface area contributed by atoms with Crippen LogP contribution in [0, 0.1) is 0 Å². The van der Waals surface area contributed by atoms with Crippen LogP contribution in [0.5, 0.6) is 0 Å². The van der Waals surface area contributed by atoms with Crippen molar-refractivity contribution in [1.82, 2.24) is 5.32 Å². The molecule has 1 aromatic carbocycles. The normalized spacial score (nSPS) is 11.4. The molecule has 1 aromatic rings. The number of rotatable bonds is 6. The molecule has 0 aromatic heterocycles. The predicted octanol–water partition coefficient (Wildman–Crippen LogP) is 2.60. The molecular weight excluding hydrogens is 290 g/mol. The Morgan fingerprint density at radius 1 is 1.25 bits per heavy atom. The summed E-state index contributed by atoms with van der Waals surface area (Å²) in [6, 6.07) is 4.15. The molecule has 0 saturated heterocycles. The van der Waals surface area contributed by atoms with Crippen LogP contribution in [0.2, 0.25) is 0 Å². The lowest BCUT2D eigenvalue weighted by molar-refractivity contribution is 0.234. The maximum atomic E-state index is 12.3. The van der Waals surface area contributed by atoms with Crippen molar-refractivity contribution < 1.29 is 22.0 Å². The molecule has 0 saturated carbocycles. The number of sulfone groups is 1. The van der Waals surface area contributed by atoms with Gasteiger partial charge in [-0.2, -0.15) is 8.78 Å². The molecule has 20 heavy (non-hydrogen) atoms. The van der Waals surface area contributed by atoms with E-state index in [1.54, 1.807) is 0 Å². The van der Waals surface area contributed by atoms with Crippen molar-refractivity contribution in [1.29, 1.82) is 0 Å². The second-order valence-corrected chi connectivity index (χ2v) is 5.98. The van der Waals surface area contributed by atoms with E-state index in [1.165, 1.54) is 12.1 Å². The van der Waals surface area contributed by atoms with E-state index < -0.39 is 26.5 Å². The van der Waals surface area contributed by atoms with Crippen LogP contribution in [0.3, 0.4) is 0 Å². The minimum Gasteiger partial charge on any atom is -0.338 e. The third-order valence-electron chi connectivity index (χ3n) is 2.49. The fourth-order valence-corrected chi connectivity index (χ4v) is 2.11. The van der Waals surface area contributed by atoms with E-state index in [0.29, 0.717) is 12.2 Å². The average Bonchev–Trinajstić information content (AvgIpc) is 2.39. The van der Waals surface area contributed by atoms with E-state index in [-0.39, 0.29) is 0 Å². The lowest BCUT2D eigenvalue weighted by atomic mass is 10.3. The number of halogens is 2. The number of alkyl halides is 2. The summed E-state index contributed by atoms with van der Waals surface area (Å²) in [7, 11) is -4.60. The van der Waals surface area contributed by atoms with Gasteiger partial charge in [0.15, 0.2) is 0 Å². The second-order valence-electron chi connectivity index (χ2n) is 4.06. The van der Waals surface area contributed by atoms with Crippen LogP contribution in [0.15, 0.2) is 29.2 Å². The third kappa shape index (κ3) is 4.44. The number of carbonyl (C=O) groups is 1. The highest BCUT2D eigenvalue weighted by Crippen LogP contribution is 2.20. The van der Waals surface area contributed by atoms with Crippen LogP contribution in [0.1, 0.15) is 19.8 Å². The van der Waals surface area contributed by atoms with Gasteiger partial charge in [-0.3, -0.25) is 0 Å². The zero-order valence-corrected chi connectivity index (χ0v) is 11.7. The summed E-state index contributed by atoms with van der Waals surface area (Å²) in [6.07, 6.45) is 1.79. The Morgan fingerprint density at radius 3 is 2.35 bits per heavy atom. The quantitative estimate of drug-likeness (QED) is 0.793. The highest BCUT2D eigenvalue weighted by atomic mass is 32.2. The van der Waals surface area contributed by atoms with Crippen molar-refractivity contribution in [2.45, 2.75) is 30.4 Å². The fraction of sp³-hybridized carbons (Fsp3) is 0.417. The molecule has 5 nitrogen and oxygen atoms in total. The molecule has 0 unspecified atom stereocenters. The smallest absolute Gasteiger partial charge is 0.338 e. The van der Waals surface area contributed by atoms with Crippen LogP contribution in [-0.4, -0.2) is 26.8 Å². The lowest BCUT2D eigenvalue weighted by Gasteiger charge is -2.08. The molecular formula is C12H16F2N2O3S. The molecule has 2 amide bonds. The molecule has 0 radical (unpaired) electrons. The molecule has 112 valence electrons. The van der Waals surface area contributed by atoms with E-state index in [9.17, 15) is 22.0 Å². The lowest BCUT2D eigenvalue weighted by Crippen LogP contribution is -2.29. The summed E-state index contributed by atoms with van der Waals surface area (Å²) < 4.78 is 47.0. The highest BCUT2D eigenvalue weighted by molar-refractivity contribution is 7.91. The Labute approximate surface area is 116 Å². The van der Waals surface area contributed by atoms with E-state index in [0.717, 1.165) is 25.0 Å². The molecule has 0 bridgehead atoms. The van der Waals surface area contributed by atoms with Gasteiger partial charge in [-0.25, -0.2) is 13.2 Å². The standard InChI is InChI=1S/C12H16F2N2O3S/c1-2-3-8-15-12(17)16-9-4-6-10(7-5-9)20(18,19)11(13)14/h4-7,11H,2-3,8H2,1H3,(H2,15,16,17).